The molecule has 1 N–H and O–H groups in total. The SMILES string of the molecule is O=C(Nc1ccc(N(c2ccccn2)c2ncccn2)cc1)c1cccnc1. The molecule has 4 aromatic rings. The Labute approximate surface area is 161 Å². The number of nitrogens with zero attached hydrogens (tertiary/aromatic N) is 5. The van der Waals surface area contributed by atoms with Gasteiger partial charge in [0.15, 0.2) is 0 Å². The smallest absolute Gasteiger partial charge is 0.257 e. The minimum Gasteiger partial charge on any atom is -0.322 e. The van der Waals surface area contributed by atoms with Crippen molar-refractivity contribution in [1.82, 2.24) is 19.9 Å². The molecule has 0 bridgehead atoms. The average molecular weight is 368 g/mol. The van der Waals surface area contributed by atoms with Crippen LogP contribution in [-0.4, -0.2) is 25.8 Å². The molecular weight excluding hydrogens is 352 g/mol. The van der Waals surface area contributed by atoms with E-state index in [4.69, 9.17) is 0 Å². The summed E-state index contributed by atoms with van der Waals surface area (Å²) in [6, 6.07) is 18.2. The van der Waals surface area contributed by atoms with Crippen LogP contribution in [0.1, 0.15) is 10.4 Å². The summed E-state index contributed by atoms with van der Waals surface area (Å²) in [4.78, 5) is 31.2. The first kappa shape index (κ1) is 17.3. The van der Waals surface area contributed by atoms with Crippen LogP contribution in [-0.2, 0) is 0 Å². The first-order valence-electron chi connectivity index (χ1n) is 8.61. The van der Waals surface area contributed by atoms with Gasteiger partial charge in [0, 0.05) is 36.7 Å². The second-order valence-corrected chi connectivity index (χ2v) is 5.81. The van der Waals surface area contributed by atoms with Crippen LogP contribution in [0.2, 0.25) is 0 Å². The number of hydrogen-bond donors (Lipinski definition) is 1. The van der Waals surface area contributed by atoms with Gasteiger partial charge in [0.25, 0.3) is 5.91 Å². The zero-order chi connectivity index (χ0) is 19.2. The standard InChI is InChI=1S/C21H16N6O/c28-20(16-5-3-11-22-15-16)26-17-7-9-18(10-8-17)27(19-6-1-2-12-23-19)21-24-13-4-14-25-21/h1-15H,(H,26,28). The average Bonchev–Trinajstić information content (AvgIpc) is 2.77. The lowest BCUT2D eigenvalue weighted by Gasteiger charge is -2.21. The van der Waals surface area contributed by atoms with E-state index < -0.39 is 0 Å². The summed E-state index contributed by atoms with van der Waals surface area (Å²) in [5.41, 5.74) is 2.00. The molecule has 0 unspecified atom stereocenters. The number of nitrogens with one attached hydrogen (secondary N) is 1. The van der Waals surface area contributed by atoms with Crippen LogP contribution >= 0.6 is 0 Å². The number of carbonyl (C=O) groups is 1. The van der Waals surface area contributed by atoms with Crippen molar-refractivity contribution in [2.24, 2.45) is 0 Å². The maximum atomic E-state index is 12.3. The van der Waals surface area contributed by atoms with Crippen LogP contribution in [0.25, 0.3) is 0 Å². The van der Waals surface area contributed by atoms with Crippen LogP contribution in [0.5, 0.6) is 0 Å². The maximum Gasteiger partial charge on any atom is 0.257 e. The highest BCUT2D eigenvalue weighted by atomic mass is 16.1. The van der Waals surface area contributed by atoms with Gasteiger partial charge in [-0.2, -0.15) is 0 Å². The lowest BCUT2D eigenvalue weighted by Crippen LogP contribution is -2.15. The molecule has 0 aliphatic rings. The van der Waals surface area contributed by atoms with Crippen molar-refractivity contribution in [3.8, 4) is 0 Å². The number of carbonyl (C=O) groups excluding carboxylic acids is 1. The molecule has 7 heteroatoms. The lowest BCUT2D eigenvalue weighted by atomic mass is 10.2. The Kier molecular flexibility index (Phi) is 4.97. The van der Waals surface area contributed by atoms with Crippen molar-refractivity contribution >= 4 is 29.0 Å². The Morgan fingerprint density at radius 3 is 2.25 bits per heavy atom. The minimum atomic E-state index is -0.214. The summed E-state index contributed by atoms with van der Waals surface area (Å²) in [7, 11) is 0. The van der Waals surface area contributed by atoms with E-state index in [1.165, 1.54) is 6.20 Å². The predicted octanol–water partition coefficient (Wildman–Crippen LogP) is 3.99. The Morgan fingerprint density at radius 2 is 1.57 bits per heavy atom. The number of rotatable bonds is 5. The number of hydrogen-bond acceptors (Lipinski definition) is 6. The van der Waals surface area contributed by atoms with Gasteiger partial charge >= 0.3 is 0 Å². The molecule has 1 amide bonds. The third-order valence-corrected chi connectivity index (χ3v) is 3.94. The first-order chi connectivity index (χ1) is 13.8. The quantitative estimate of drug-likeness (QED) is 0.573. The molecule has 136 valence electrons. The Hall–Kier alpha value is -4.13. The van der Waals surface area contributed by atoms with Crippen molar-refractivity contribution in [2.45, 2.75) is 0 Å². The van der Waals surface area contributed by atoms with E-state index in [-0.39, 0.29) is 5.91 Å². The second kappa shape index (κ2) is 8.05. The number of benzene rings is 1. The van der Waals surface area contributed by atoms with Crippen molar-refractivity contribution < 1.29 is 4.79 Å². The number of amides is 1. The zero-order valence-electron chi connectivity index (χ0n) is 14.8. The van der Waals surface area contributed by atoms with Gasteiger partial charge in [-0.3, -0.25) is 14.7 Å². The molecule has 0 saturated heterocycles. The van der Waals surface area contributed by atoms with Crippen LogP contribution in [0.15, 0.2) is 91.6 Å². The van der Waals surface area contributed by atoms with Crippen LogP contribution in [0.3, 0.4) is 0 Å². The normalized spacial score (nSPS) is 10.3. The van der Waals surface area contributed by atoms with Gasteiger partial charge in [0.2, 0.25) is 5.95 Å². The molecule has 1 aromatic carbocycles. The lowest BCUT2D eigenvalue weighted by molar-refractivity contribution is 0.102. The molecule has 3 aromatic heterocycles. The third-order valence-electron chi connectivity index (χ3n) is 3.94. The first-order valence-corrected chi connectivity index (χ1v) is 8.61. The predicted molar refractivity (Wildman–Crippen MR) is 107 cm³/mol. The molecule has 3 heterocycles. The van der Waals surface area contributed by atoms with Crippen molar-refractivity contribution in [1.29, 1.82) is 0 Å². The Bertz CT molecular complexity index is 1000. The summed E-state index contributed by atoms with van der Waals surface area (Å²) in [6.45, 7) is 0. The number of aromatic nitrogens is 4. The highest BCUT2D eigenvalue weighted by Gasteiger charge is 2.15. The topological polar surface area (TPSA) is 83.9 Å². The summed E-state index contributed by atoms with van der Waals surface area (Å²) < 4.78 is 0. The molecule has 0 spiro atoms. The van der Waals surface area contributed by atoms with Gasteiger partial charge in [0.1, 0.15) is 5.82 Å². The molecule has 0 fully saturated rings. The van der Waals surface area contributed by atoms with Crippen LogP contribution in [0, 0.1) is 0 Å². The summed E-state index contributed by atoms with van der Waals surface area (Å²) in [5, 5.41) is 2.86. The van der Waals surface area contributed by atoms with Gasteiger partial charge in [-0.1, -0.05) is 6.07 Å². The summed E-state index contributed by atoms with van der Waals surface area (Å²) in [6.07, 6.45) is 8.23. The van der Waals surface area contributed by atoms with E-state index in [9.17, 15) is 4.79 Å². The third kappa shape index (κ3) is 3.83. The van der Waals surface area contributed by atoms with E-state index in [0.717, 1.165) is 5.69 Å². The Balaban J connectivity index is 1.61. The van der Waals surface area contributed by atoms with E-state index in [1.54, 1.807) is 43.0 Å². The van der Waals surface area contributed by atoms with E-state index in [1.807, 2.05) is 47.4 Å². The summed E-state index contributed by atoms with van der Waals surface area (Å²) >= 11 is 0. The maximum absolute atomic E-state index is 12.3. The fourth-order valence-electron chi connectivity index (χ4n) is 2.64. The molecule has 0 aliphatic heterocycles. The largest absolute Gasteiger partial charge is 0.322 e. The van der Waals surface area contributed by atoms with Gasteiger partial charge in [-0.05, 0) is 54.6 Å². The van der Waals surface area contributed by atoms with E-state index in [0.29, 0.717) is 23.0 Å². The van der Waals surface area contributed by atoms with Crippen molar-refractivity contribution in [2.75, 3.05) is 10.2 Å². The molecule has 7 nitrogen and oxygen atoms in total. The number of anilines is 4. The highest BCUT2D eigenvalue weighted by Crippen LogP contribution is 2.30. The van der Waals surface area contributed by atoms with Crippen LogP contribution < -0.4 is 10.2 Å². The molecule has 28 heavy (non-hydrogen) atoms. The van der Waals surface area contributed by atoms with E-state index >= 15 is 0 Å². The highest BCUT2D eigenvalue weighted by molar-refractivity contribution is 6.04. The van der Waals surface area contributed by atoms with Crippen molar-refractivity contribution in [3.63, 3.8) is 0 Å². The molecule has 4 rings (SSSR count). The van der Waals surface area contributed by atoms with Crippen molar-refractivity contribution in [3.05, 3.63) is 97.2 Å². The van der Waals surface area contributed by atoms with Gasteiger partial charge in [-0.15, -0.1) is 0 Å². The monoisotopic (exact) mass is 368 g/mol. The molecule has 0 radical (unpaired) electrons. The fourth-order valence-corrected chi connectivity index (χ4v) is 2.64. The zero-order valence-corrected chi connectivity index (χ0v) is 14.8. The van der Waals surface area contributed by atoms with Gasteiger partial charge in [-0.25, -0.2) is 15.0 Å². The fraction of sp³-hybridized carbons (Fsp3) is 0. The molecular formula is C21H16N6O. The molecule has 0 saturated carbocycles. The van der Waals surface area contributed by atoms with E-state index in [2.05, 4.69) is 25.3 Å². The molecule has 0 aliphatic carbocycles. The van der Waals surface area contributed by atoms with Crippen LogP contribution in [0.4, 0.5) is 23.1 Å². The number of pyridine rings is 2. The molecule has 0 atom stereocenters. The van der Waals surface area contributed by atoms with Gasteiger partial charge < -0.3 is 5.32 Å². The Morgan fingerprint density at radius 1 is 0.786 bits per heavy atom. The minimum absolute atomic E-state index is 0.214. The summed E-state index contributed by atoms with van der Waals surface area (Å²) in [5.74, 6) is 0.989. The second-order valence-electron chi connectivity index (χ2n) is 5.81. The van der Waals surface area contributed by atoms with Gasteiger partial charge in [0.05, 0.1) is 11.3 Å².